The first-order valence-corrected chi connectivity index (χ1v) is 9.45. The molecule has 0 fully saturated rings. The Morgan fingerprint density at radius 2 is 1.79 bits per heavy atom. The van der Waals surface area contributed by atoms with Gasteiger partial charge in [0, 0.05) is 32.4 Å². The Hall–Kier alpha value is -2.29. The number of aliphatic hydroxyl groups excluding tert-OH is 1. The van der Waals surface area contributed by atoms with Gasteiger partial charge in [0.15, 0.2) is 5.78 Å². The van der Waals surface area contributed by atoms with Gasteiger partial charge in [0.25, 0.3) is 0 Å². The molecule has 0 spiro atoms. The maximum absolute atomic E-state index is 10.0. The van der Waals surface area contributed by atoms with Crippen LogP contribution in [0, 0.1) is 19.9 Å². The van der Waals surface area contributed by atoms with E-state index in [9.17, 15) is 4.79 Å². The fourth-order valence-corrected chi connectivity index (χ4v) is 3.09. The van der Waals surface area contributed by atoms with Crippen LogP contribution in [0.4, 0.5) is 0 Å². The van der Waals surface area contributed by atoms with Crippen molar-refractivity contribution in [2.45, 2.75) is 47.5 Å². The molecule has 1 radical (unpaired) electrons. The topological polar surface area (TPSA) is 50.2 Å². The molecule has 0 aliphatic carbocycles. The molecular weight excluding hydrogens is 538 g/mol. The smallest absolute Gasteiger partial charge is 0.155 e. The van der Waals surface area contributed by atoms with E-state index >= 15 is 0 Å². The van der Waals surface area contributed by atoms with E-state index in [0.717, 1.165) is 16.8 Å². The van der Waals surface area contributed by atoms with Crippen molar-refractivity contribution in [2.75, 3.05) is 0 Å². The van der Waals surface area contributed by atoms with Crippen molar-refractivity contribution in [2.24, 2.45) is 0 Å². The Bertz CT molecular complexity index is 998. The van der Waals surface area contributed by atoms with Crippen LogP contribution in [0.3, 0.4) is 0 Å². The van der Waals surface area contributed by atoms with Gasteiger partial charge in [-0.05, 0) is 47.9 Å². The van der Waals surface area contributed by atoms with E-state index in [1.165, 1.54) is 41.8 Å². The summed E-state index contributed by atoms with van der Waals surface area (Å²) in [6.07, 6.45) is 3.06. The van der Waals surface area contributed by atoms with Crippen molar-refractivity contribution in [1.82, 2.24) is 4.98 Å². The zero-order valence-corrected chi connectivity index (χ0v) is 20.2. The number of carbonyl (C=O) groups is 1. The fraction of sp³-hybridized carbons (Fsp3) is 0.280. The predicted molar refractivity (Wildman–Crippen MR) is 117 cm³/mol. The molecule has 2 aromatic carbocycles. The minimum atomic E-state index is -0.125. The summed E-state index contributed by atoms with van der Waals surface area (Å²) >= 11 is 0. The van der Waals surface area contributed by atoms with Crippen LogP contribution in [0.15, 0.2) is 54.4 Å². The molecule has 1 heterocycles. The molecule has 0 unspecified atom stereocenters. The second kappa shape index (κ2) is 11.0. The van der Waals surface area contributed by atoms with E-state index in [1.54, 1.807) is 0 Å². The van der Waals surface area contributed by atoms with E-state index in [4.69, 9.17) is 5.11 Å². The Balaban J connectivity index is 0.000000456. The molecule has 0 saturated carbocycles. The van der Waals surface area contributed by atoms with Crippen LogP contribution >= 0.6 is 0 Å². The number of fused-ring (bicyclic) bond motifs is 1. The van der Waals surface area contributed by atoms with Gasteiger partial charge >= 0.3 is 0 Å². The first kappa shape index (κ1) is 24.7. The summed E-state index contributed by atoms with van der Waals surface area (Å²) < 4.78 is 0. The van der Waals surface area contributed by atoms with Gasteiger partial charge in [0.2, 0.25) is 0 Å². The number of hydrogen-bond acceptors (Lipinski definition) is 3. The van der Waals surface area contributed by atoms with Crippen molar-refractivity contribution in [1.29, 1.82) is 0 Å². The summed E-state index contributed by atoms with van der Waals surface area (Å²) in [6.45, 7) is 11.5. The Kier molecular flexibility index (Phi) is 9.42. The minimum Gasteiger partial charge on any atom is -0.512 e. The number of aromatic nitrogens is 1. The number of allylic oxidation sites excluding steroid dienone is 2. The second-order valence-corrected chi connectivity index (χ2v) is 7.45. The quantitative estimate of drug-likeness (QED) is 0.224. The number of ketones is 1. The molecule has 3 rings (SSSR count). The van der Waals surface area contributed by atoms with Gasteiger partial charge in [-0.25, -0.2) is 0 Å². The normalized spacial score (nSPS) is 10.9. The van der Waals surface area contributed by atoms with Crippen LogP contribution in [0.25, 0.3) is 22.0 Å². The first-order valence-electron chi connectivity index (χ1n) is 9.45. The predicted octanol–water partition coefficient (Wildman–Crippen LogP) is 6.48. The largest absolute Gasteiger partial charge is 0.512 e. The number of carbonyl (C=O) groups excluding carboxylic acids is 1. The number of aliphatic hydroxyl groups is 1. The maximum Gasteiger partial charge on any atom is 0.155 e. The van der Waals surface area contributed by atoms with Crippen molar-refractivity contribution in [3.8, 4) is 11.3 Å². The van der Waals surface area contributed by atoms with Gasteiger partial charge in [-0.15, -0.1) is 34.9 Å². The van der Waals surface area contributed by atoms with E-state index in [-0.39, 0.29) is 31.6 Å². The zero-order valence-electron chi connectivity index (χ0n) is 17.8. The average molecular weight is 567 g/mol. The van der Waals surface area contributed by atoms with E-state index in [2.05, 4.69) is 75.1 Å². The molecule has 1 N–H and O–H groups in total. The average Bonchev–Trinajstić information content (AvgIpc) is 2.59. The molecular formula is C25H28IrNO2-. The van der Waals surface area contributed by atoms with Crippen LogP contribution in [0.5, 0.6) is 0 Å². The van der Waals surface area contributed by atoms with E-state index in [1.807, 2.05) is 6.20 Å². The molecule has 4 heteroatoms. The van der Waals surface area contributed by atoms with Gasteiger partial charge in [0.05, 0.1) is 5.76 Å². The number of rotatable bonds is 3. The molecule has 29 heavy (non-hydrogen) atoms. The Morgan fingerprint density at radius 1 is 1.10 bits per heavy atom. The molecule has 0 aliphatic heterocycles. The summed E-state index contributed by atoms with van der Waals surface area (Å²) in [6, 6.07) is 16.5. The molecule has 3 nitrogen and oxygen atoms in total. The standard InChI is InChI=1S/C20H20N.C5H8O2.Ir/c1-13(2)16-5-6-19-17(12-16)7-8-21-20(19)18-10-14(3)9-15(4)11-18;1-4(6)3-5(2)7;/h5-10,12-13H,1-4H3;3,6H,1-2H3;/q-1;;/b;4-3-;. The Labute approximate surface area is 187 Å². The van der Waals surface area contributed by atoms with E-state index in [0.29, 0.717) is 5.92 Å². The van der Waals surface area contributed by atoms with Gasteiger partial charge in [-0.3, -0.25) is 4.79 Å². The number of aryl methyl sites for hydroxylation is 2. The van der Waals surface area contributed by atoms with E-state index < -0.39 is 0 Å². The fourth-order valence-electron chi connectivity index (χ4n) is 3.09. The Morgan fingerprint density at radius 3 is 2.31 bits per heavy atom. The van der Waals surface area contributed by atoms with Crippen molar-refractivity contribution in [3.63, 3.8) is 0 Å². The van der Waals surface area contributed by atoms with Gasteiger partial charge in [-0.1, -0.05) is 45.9 Å². The van der Waals surface area contributed by atoms with Crippen molar-refractivity contribution >= 4 is 16.6 Å². The zero-order chi connectivity index (χ0) is 20.8. The monoisotopic (exact) mass is 567 g/mol. The van der Waals surface area contributed by atoms with Crippen LogP contribution < -0.4 is 0 Å². The molecule has 0 aliphatic rings. The summed E-state index contributed by atoms with van der Waals surface area (Å²) in [7, 11) is 0. The summed E-state index contributed by atoms with van der Waals surface area (Å²) in [5.74, 6) is 0.478. The molecule has 1 aromatic heterocycles. The molecule has 0 amide bonds. The summed E-state index contributed by atoms with van der Waals surface area (Å²) in [5.41, 5.74) is 5.87. The third-order valence-electron chi connectivity index (χ3n) is 4.27. The van der Waals surface area contributed by atoms with Crippen LogP contribution in [-0.4, -0.2) is 15.9 Å². The minimum absolute atomic E-state index is 0. The third kappa shape index (κ3) is 7.23. The van der Waals surface area contributed by atoms with Crippen LogP contribution in [0.2, 0.25) is 0 Å². The van der Waals surface area contributed by atoms with Gasteiger partial charge in [0.1, 0.15) is 0 Å². The number of nitrogens with zero attached hydrogens (tertiary/aromatic N) is 1. The molecule has 155 valence electrons. The molecule has 3 aromatic rings. The van der Waals surface area contributed by atoms with Gasteiger partial charge < -0.3 is 10.1 Å². The van der Waals surface area contributed by atoms with Crippen molar-refractivity contribution in [3.05, 3.63) is 77.2 Å². The maximum atomic E-state index is 10.0. The summed E-state index contributed by atoms with van der Waals surface area (Å²) in [4.78, 5) is 14.6. The van der Waals surface area contributed by atoms with Crippen LogP contribution in [-0.2, 0) is 24.9 Å². The SMILES string of the molecule is CC(=O)/C=C(/C)O.Cc1[c-]c(-c2nccc3cc(C(C)C)ccc23)cc(C)c1.[Ir]. The van der Waals surface area contributed by atoms with Crippen LogP contribution in [0.1, 0.15) is 50.3 Å². The number of pyridine rings is 1. The summed E-state index contributed by atoms with van der Waals surface area (Å²) in [5, 5.41) is 10.8. The van der Waals surface area contributed by atoms with Gasteiger partial charge in [-0.2, -0.15) is 0 Å². The second-order valence-electron chi connectivity index (χ2n) is 7.45. The third-order valence-corrected chi connectivity index (χ3v) is 4.27. The number of benzene rings is 2. The molecule has 0 bridgehead atoms. The number of hydrogen-bond donors (Lipinski definition) is 1. The molecule has 0 atom stereocenters. The van der Waals surface area contributed by atoms with Crippen molar-refractivity contribution < 1.29 is 30.0 Å². The molecule has 0 saturated heterocycles. The first-order chi connectivity index (χ1) is 13.2.